The van der Waals surface area contributed by atoms with E-state index >= 15 is 0 Å². The summed E-state index contributed by atoms with van der Waals surface area (Å²) in [7, 11) is 5.24. The van der Waals surface area contributed by atoms with Gasteiger partial charge in [-0.15, -0.1) is 17.9 Å². The van der Waals surface area contributed by atoms with Gasteiger partial charge in [0.05, 0.1) is 12.8 Å². The first-order valence-corrected chi connectivity index (χ1v) is 11.4. The average molecular weight is 464 g/mol. The number of fused-ring (bicyclic) bond motifs is 1. The first kappa shape index (κ1) is 20.3. The lowest BCUT2D eigenvalue weighted by molar-refractivity contribution is -0.120. The Morgan fingerprint density at radius 2 is 2.00 bits per heavy atom. The highest BCUT2D eigenvalue weighted by molar-refractivity contribution is 8.30. The van der Waals surface area contributed by atoms with Crippen molar-refractivity contribution in [3.63, 3.8) is 0 Å². The number of thioether (sulfide) groups is 2. The van der Waals surface area contributed by atoms with Crippen LogP contribution in [0.4, 0.5) is 5.69 Å². The Morgan fingerprint density at radius 1 is 1.24 bits per heavy atom. The molecule has 0 N–H and O–H groups in total. The third kappa shape index (κ3) is 3.24. The van der Waals surface area contributed by atoms with E-state index in [1.54, 1.807) is 20.2 Å². The normalized spacial score (nSPS) is 19.8. The van der Waals surface area contributed by atoms with Crippen LogP contribution in [0, 0.1) is 0 Å². The van der Waals surface area contributed by atoms with Crippen molar-refractivity contribution in [2.75, 3.05) is 25.6 Å². The number of rotatable bonds is 3. The molecular weight excluding hydrogens is 446 g/mol. The van der Waals surface area contributed by atoms with Crippen LogP contribution in [-0.4, -0.2) is 40.4 Å². The number of hydrogen-bond donors (Lipinski definition) is 0. The molecular formula is C19H17N3O3S4. The Labute approximate surface area is 185 Å². The van der Waals surface area contributed by atoms with E-state index in [2.05, 4.69) is 6.58 Å². The summed E-state index contributed by atoms with van der Waals surface area (Å²) in [5, 5.41) is 0.840. The molecule has 2 aromatic rings. The van der Waals surface area contributed by atoms with E-state index in [1.165, 1.54) is 44.3 Å². The van der Waals surface area contributed by atoms with Crippen molar-refractivity contribution in [1.29, 1.82) is 0 Å². The second-order valence-electron chi connectivity index (χ2n) is 6.30. The van der Waals surface area contributed by atoms with Crippen LogP contribution in [0.3, 0.4) is 0 Å². The number of carbonyl (C=O) groups is 1. The van der Waals surface area contributed by atoms with Crippen molar-refractivity contribution in [2.24, 2.45) is 7.05 Å². The molecule has 6 nitrogen and oxygen atoms in total. The number of thiocarbonyl (C=S) groups is 1. The number of amides is 1. The van der Waals surface area contributed by atoms with Gasteiger partial charge in [-0.05, 0) is 12.1 Å². The molecule has 3 heterocycles. The van der Waals surface area contributed by atoms with Gasteiger partial charge in [0.15, 0.2) is 0 Å². The van der Waals surface area contributed by atoms with Gasteiger partial charge in [0.1, 0.15) is 29.2 Å². The molecule has 0 bridgehead atoms. The van der Waals surface area contributed by atoms with Gasteiger partial charge >= 0.3 is 0 Å². The van der Waals surface area contributed by atoms with Crippen LogP contribution in [0.25, 0.3) is 9.93 Å². The van der Waals surface area contributed by atoms with E-state index < -0.39 is 0 Å². The molecule has 0 saturated carbocycles. The highest BCUT2D eigenvalue weighted by Crippen LogP contribution is 2.46. The van der Waals surface area contributed by atoms with Gasteiger partial charge in [0.2, 0.25) is 0 Å². The summed E-state index contributed by atoms with van der Waals surface area (Å²) in [5.41, 5.74) is 0.853. The van der Waals surface area contributed by atoms with Crippen LogP contribution in [-0.2, 0) is 11.8 Å². The van der Waals surface area contributed by atoms with Gasteiger partial charge < -0.3 is 14.2 Å². The fourth-order valence-electron chi connectivity index (χ4n) is 3.05. The molecule has 2 aliphatic rings. The second-order valence-corrected chi connectivity index (χ2v) is 9.98. The van der Waals surface area contributed by atoms with Crippen LogP contribution < -0.4 is 24.4 Å². The Bertz CT molecular complexity index is 1240. The van der Waals surface area contributed by atoms with Crippen LogP contribution >= 0.6 is 47.1 Å². The molecule has 10 heteroatoms. The number of carbonyl (C=O) groups excluding carboxylic acids is 1. The molecule has 1 amide bonds. The molecule has 0 radical (unpaired) electrons. The summed E-state index contributed by atoms with van der Waals surface area (Å²) in [6.07, 6.45) is 1.64. The molecule has 1 fully saturated rings. The SMILES string of the molecule is C=CCN1C(=O)C(=c2sc(=C3Sc4ccc(OC)cc4N3C)c(=O)n2C)SC1=S. The number of methoxy groups -OCH3 is 1. The molecule has 0 atom stereocenters. The number of benzene rings is 1. The third-order valence-electron chi connectivity index (χ3n) is 4.59. The van der Waals surface area contributed by atoms with Crippen molar-refractivity contribution in [2.45, 2.75) is 4.90 Å². The number of ether oxygens (including phenoxy) is 1. The van der Waals surface area contributed by atoms with Gasteiger partial charge in [-0.25, -0.2) is 0 Å². The van der Waals surface area contributed by atoms with Gasteiger partial charge in [-0.2, -0.15) is 0 Å². The van der Waals surface area contributed by atoms with E-state index in [9.17, 15) is 9.59 Å². The lowest BCUT2D eigenvalue weighted by Gasteiger charge is -2.13. The summed E-state index contributed by atoms with van der Waals surface area (Å²) in [4.78, 5) is 30.9. The van der Waals surface area contributed by atoms with E-state index in [1.807, 2.05) is 30.1 Å². The van der Waals surface area contributed by atoms with Crippen molar-refractivity contribution in [1.82, 2.24) is 9.47 Å². The smallest absolute Gasteiger partial charge is 0.271 e. The van der Waals surface area contributed by atoms with Crippen molar-refractivity contribution in [3.05, 3.63) is 50.4 Å². The second kappa shape index (κ2) is 7.67. The zero-order valence-electron chi connectivity index (χ0n) is 15.9. The molecule has 2 aliphatic heterocycles. The zero-order chi connectivity index (χ0) is 20.9. The third-order valence-corrected chi connectivity index (χ3v) is 8.77. The monoisotopic (exact) mass is 463 g/mol. The van der Waals surface area contributed by atoms with E-state index in [0.29, 0.717) is 25.0 Å². The molecule has 29 heavy (non-hydrogen) atoms. The highest BCUT2D eigenvalue weighted by Gasteiger charge is 2.33. The van der Waals surface area contributed by atoms with Crippen LogP contribution in [0.1, 0.15) is 0 Å². The molecule has 150 valence electrons. The number of thiazole rings is 1. The summed E-state index contributed by atoms with van der Waals surface area (Å²) in [6.45, 7) is 4.03. The standard InChI is InChI=1S/C19H17N3O3S4/c1-5-8-22-16(24)14(29-19(22)26)18-21(3)15(23)13(28-18)17-20(2)11-9-10(25-4)6-7-12(11)27-17/h5-7,9H,1,8H2,2-4H3. The maximum atomic E-state index is 13.0. The van der Waals surface area contributed by atoms with Gasteiger partial charge in [0, 0.05) is 31.6 Å². The molecule has 0 spiro atoms. The van der Waals surface area contributed by atoms with Crippen LogP contribution in [0.15, 0.2) is 40.5 Å². The molecule has 0 unspecified atom stereocenters. The predicted molar refractivity (Wildman–Crippen MR) is 125 cm³/mol. The first-order chi connectivity index (χ1) is 13.9. The minimum absolute atomic E-state index is 0.131. The largest absolute Gasteiger partial charge is 0.497 e. The van der Waals surface area contributed by atoms with E-state index in [-0.39, 0.29) is 11.5 Å². The van der Waals surface area contributed by atoms with E-state index in [0.717, 1.165) is 21.4 Å². The highest BCUT2D eigenvalue weighted by atomic mass is 32.2. The number of aromatic nitrogens is 1. The molecule has 4 rings (SSSR count). The Morgan fingerprint density at radius 3 is 2.69 bits per heavy atom. The number of hydrogen-bond acceptors (Lipinski definition) is 8. The molecule has 0 aliphatic carbocycles. The minimum Gasteiger partial charge on any atom is -0.497 e. The topological polar surface area (TPSA) is 54.8 Å². The number of nitrogens with zero attached hydrogens (tertiary/aromatic N) is 3. The summed E-state index contributed by atoms with van der Waals surface area (Å²) in [5.74, 6) is 0.574. The average Bonchev–Trinajstić information content (AvgIpc) is 3.29. The predicted octanol–water partition coefficient (Wildman–Crippen LogP) is 1.92. The summed E-state index contributed by atoms with van der Waals surface area (Å²) in [6, 6.07) is 5.84. The fourth-order valence-corrected chi connectivity index (χ4v) is 6.93. The minimum atomic E-state index is -0.186. The maximum absolute atomic E-state index is 13.0. The molecule has 1 aromatic carbocycles. The summed E-state index contributed by atoms with van der Waals surface area (Å²) < 4.78 is 8.54. The van der Waals surface area contributed by atoms with Crippen molar-refractivity contribution >= 4 is 72.9 Å². The van der Waals surface area contributed by atoms with Gasteiger partial charge in [-0.1, -0.05) is 41.8 Å². The fraction of sp³-hybridized carbons (Fsp3) is 0.211. The Kier molecular flexibility index (Phi) is 5.36. The molecule has 1 aromatic heterocycles. The quantitative estimate of drug-likeness (QED) is 0.509. The van der Waals surface area contributed by atoms with Crippen LogP contribution in [0.5, 0.6) is 5.75 Å². The van der Waals surface area contributed by atoms with Crippen LogP contribution in [0.2, 0.25) is 0 Å². The van der Waals surface area contributed by atoms with Gasteiger partial charge in [-0.3, -0.25) is 14.5 Å². The Balaban J connectivity index is 1.89. The van der Waals surface area contributed by atoms with Crippen molar-refractivity contribution in [3.8, 4) is 5.75 Å². The lowest BCUT2D eigenvalue weighted by Crippen LogP contribution is -2.33. The summed E-state index contributed by atoms with van der Waals surface area (Å²) >= 11 is 9.41. The maximum Gasteiger partial charge on any atom is 0.271 e. The van der Waals surface area contributed by atoms with Crippen molar-refractivity contribution < 1.29 is 9.53 Å². The zero-order valence-corrected chi connectivity index (χ0v) is 19.2. The first-order valence-electron chi connectivity index (χ1n) is 8.56. The Hall–Kier alpha value is -2.01. The van der Waals surface area contributed by atoms with Gasteiger partial charge in [0.25, 0.3) is 11.5 Å². The lowest BCUT2D eigenvalue weighted by atomic mass is 10.3. The molecule has 1 saturated heterocycles. The number of anilines is 1. The van der Waals surface area contributed by atoms with E-state index in [4.69, 9.17) is 17.0 Å².